The number of hydrogen-bond donors (Lipinski definition) is 1. The minimum Gasteiger partial charge on any atom is -0.493 e. The SMILES string of the molecule is CCC1COc2cc(/C=C/c3ccc(NC(=O)C(C)C)cc3)ccc21. The Labute approximate surface area is 149 Å². The van der Waals surface area contributed by atoms with Crippen LogP contribution in [0.1, 0.15) is 49.8 Å². The van der Waals surface area contributed by atoms with Crippen LogP contribution in [0.5, 0.6) is 5.75 Å². The van der Waals surface area contributed by atoms with Gasteiger partial charge in [-0.2, -0.15) is 0 Å². The summed E-state index contributed by atoms with van der Waals surface area (Å²) in [6.45, 7) is 6.76. The van der Waals surface area contributed by atoms with E-state index in [1.165, 1.54) is 5.56 Å². The highest BCUT2D eigenvalue weighted by atomic mass is 16.5. The Kier molecular flexibility index (Phi) is 5.22. The van der Waals surface area contributed by atoms with Gasteiger partial charge in [-0.15, -0.1) is 0 Å². The molecule has 3 heteroatoms. The quantitative estimate of drug-likeness (QED) is 0.749. The molecule has 1 aliphatic rings. The van der Waals surface area contributed by atoms with E-state index in [4.69, 9.17) is 4.74 Å². The molecule has 3 rings (SSSR count). The van der Waals surface area contributed by atoms with E-state index < -0.39 is 0 Å². The van der Waals surface area contributed by atoms with Crippen molar-refractivity contribution in [2.75, 3.05) is 11.9 Å². The van der Waals surface area contributed by atoms with Gasteiger partial charge in [0.15, 0.2) is 0 Å². The Morgan fingerprint density at radius 1 is 1.16 bits per heavy atom. The molecule has 0 spiro atoms. The fraction of sp³-hybridized carbons (Fsp3) is 0.318. The molecular formula is C22H25NO2. The molecule has 3 nitrogen and oxygen atoms in total. The predicted molar refractivity (Wildman–Crippen MR) is 104 cm³/mol. The van der Waals surface area contributed by atoms with Crippen LogP contribution in [-0.4, -0.2) is 12.5 Å². The number of fused-ring (bicyclic) bond motifs is 1. The number of nitrogens with one attached hydrogen (secondary N) is 1. The lowest BCUT2D eigenvalue weighted by atomic mass is 9.97. The first-order chi connectivity index (χ1) is 12.1. The van der Waals surface area contributed by atoms with Gasteiger partial charge in [-0.3, -0.25) is 4.79 Å². The molecule has 2 aromatic carbocycles. The van der Waals surface area contributed by atoms with Crippen molar-refractivity contribution in [2.24, 2.45) is 5.92 Å². The van der Waals surface area contributed by atoms with Crippen LogP contribution < -0.4 is 10.1 Å². The van der Waals surface area contributed by atoms with Gasteiger partial charge in [-0.25, -0.2) is 0 Å². The first kappa shape index (κ1) is 17.3. The highest BCUT2D eigenvalue weighted by Crippen LogP contribution is 2.36. The van der Waals surface area contributed by atoms with Crippen LogP contribution in [0.3, 0.4) is 0 Å². The van der Waals surface area contributed by atoms with Crippen molar-refractivity contribution < 1.29 is 9.53 Å². The van der Waals surface area contributed by atoms with Crippen LogP contribution in [0.15, 0.2) is 42.5 Å². The first-order valence-electron chi connectivity index (χ1n) is 8.92. The van der Waals surface area contributed by atoms with Crippen LogP contribution in [-0.2, 0) is 4.79 Å². The normalized spacial score (nSPS) is 16.1. The number of carbonyl (C=O) groups excluding carboxylic acids is 1. The van der Waals surface area contributed by atoms with E-state index in [1.807, 2.05) is 38.1 Å². The second kappa shape index (κ2) is 7.56. The van der Waals surface area contributed by atoms with Crippen molar-refractivity contribution in [2.45, 2.75) is 33.1 Å². The molecule has 1 N–H and O–H groups in total. The molecule has 0 radical (unpaired) electrons. The topological polar surface area (TPSA) is 38.3 Å². The third-order valence-electron chi connectivity index (χ3n) is 4.58. The molecule has 25 heavy (non-hydrogen) atoms. The van der Waals surface area contributed by atoms with Crippen molar-refractivity contribution in [3.63, 3.8) is 0 Å². The maximum absolute atomic E-state index is 11.7. The van der Waals surface area contributed by atoms with Crippen LogP contribution in [0, 0.1) is 5.92 Å². The minimum atomic E-state index is -0.0195. The molecule has 0 aliphatic carbocycles. The van der Waals surface area contributed by atoms with Gasteiger partial charge >= 0.3 is 0 Å². The molecule has 130 valence electrons. The molecule has 1 unspecified atom stereocenters. The maximum atomic E-state index is 11.7. The summed E-state index contributed by atoms with van der Waals surface area (Å²) in [5.74, 6) is 1.56. The second-order valence-corrected chi connectivity index (χ2v) is 6.81. The number of ether oxygens (including phenoxy) is 1. The van der Waals surface area contributed by atoms with Crippen LogP contribution in [0.4, 0.5) is 5.69 Å². The summed E-state index contributed by atoms with van der Waals surface area (Å²) in [6.07, 6.45) is 5.27. The maximum Gasteiger partial charge on any atom is 0.226 e. The zero-order chi connectivity index (χ0) is 17.8. The Morgan fingerprint density at radius 3 is 2.52 bits per heavy atom. The monoisotopic (exact) mass is 335 g/mol. The molecule has 0 bridgehead atoms. The molecule has 2 aromatic rings. The van der Waals surface area contributed by atoms with Crippen molar-refractivity contribution >= 4 is 23.7 Å². The summed E-state index contributed by atoms with van der Waals surface area (Å²) in [6, 6.07) is 14.3. The Balaban J connectivity index is 1.67. The van der Waals surface area contributed by atoms with Crippen molar-refractivity contribution in [3.05, 3.63) is 59.2 Å². The molecular weight excluding hydrogens is 310 g/mol. The van der Waals surface area contributed by atoms with E-state index in [0.29, 0.717) is 5.92 Å². The summed E-state index contributed by atoms with van der Waals surface area (Å²) >= 11 is 0. The largest absolute Gasteiger partial charge is 0.493 e. The summed E-state index contributed by atoms with van der Waals surface area (Å²) in [7, 11) is 0. The second-order valence-electron chi connectivity index (χ2n) is 6.81. The number of amides is 1. The zero-order valence-corrected chi connectivity index (χ0v) is 15.1. The standard InChI is InChI=1S/C22H25NO2/c1-4-18-14-25-21-13-17(9-12-20(18)21)6-5-16-7-10-19(11-8-16)23-22(24)15(2)3/h5-13,15,18H,4,14H2,1-3H3,(H,23,24)/b6-5+. The van der Waals surface area contributed by atoms with Gasteiger partial charge in [0.05, 0.1) is 6.61 Å². The van der Waals surface area contributed by atoms with Gasteiger partial charge in [0, 0.05) is 23.1 Å². The first-order valence-corrected chi connectivity index (χ1v) is 8.92. The van der Waals surface area contributed by atoms with E-state index in [-0.39, 0.29) is 11.8 Å². The smallest absolute Gasteiger partial charge is 0.226 e. The summed E-state index contributed by atoms with van der Waals surface area (Å²) < 4.78 is 5.79. The fourth-order valence-corrected chi connectivity index (χ4v) is 2.89. The average molecular weight is 335 g/mol. The third-order valence-corrected chi connectivity index (χ3v) is 4.58. The minimum absolute atomic E-state index is 0.0195. The highest BCUT2D eigenvalue weighted by molar-refractivity contribution is 5.92. The van der Waals surface area contributed by atoms with E-state index in [1.54, 1.807) is 0 Å². The van der Waals surface area contributed by atoms with Crippen molar-refractivity contribution in [1.82, 2.24) is 0 Å². The fourth-order valence-electron chi connectivity index (χ4n) is 2.89. The van der Waals surface area contributed by atoms with Gasteiger partial charge in [0.2, 0.25) is 5.91 Å². The Bertz CT molecular complexity index is 775. The number of rotatable bonds is 5. The van der Waals surface area contributed by atoms with E-state index in [0.717, 1.165) is 35.6 Å². The van der Waals surface area contributed by atoms with Gasteiger partial charge in [0.25, 0.3) is 0 Å². The van der Waals surface area contributed by atoms with E-state index >= 15 is 0 Å². The summed E-state index contributed by atoms with van der Waals surface area (Å²) in [5.41, 5.74) is 4.38. The van der Waals surface area contributed by atoms with Crippen molar-refractivity contribution in [3.8, 4) is 5.75 Å². The predicted octanol–water partition coefficient (Wildman–Crippen LogP) is 5.34. The third kappa shape index (κ3) is 4.11. The molecule has 0 fully saturated rings. The zero-order valence-electron chi connectivity index (χ0n) is 15.1. The number of anilines is 1. The molecule has 1 aliphatic heterocycles. The van der Waals surface area contributed by atoms with Gasteiger partial charge < -0.3 is 10.1 Å². The molecule has 1 atom stereocenters. The average Bonchev–Trinajstić information content (AvgIpc) is 3.03. The van der Waals surface area contributed by atoms with E-state index in [2.05, 4.69) is 42.6 Å². The molecule has 0 saturated carbocycles. The summed E-state index contributed by atoms with van der Waals surface area (Å²) in [5, 5.41) is 2.90. The molecule has 0 saturated heterocycles. The Hall–Kier alpha value is -2.55. The van der Waals surface area contributed by atoms with E-state index in [9.17, 15) is 4.79 Å². The Morgan fingerprint density at radius 2 is 1.84 bits per heavy atom. The van der Waals surface area contributed by atoms with Gasteiger partial charge in [-0.05, 0) is 35.7 Å². The lowest BCUT2D eigenvalue weighted by molar-refractivity contribution is -0.118. The number of hydrogen-bond acceptors (Lipinski definition) is 2. The molecule has 1 amide bonds. The van der Waals surface area contributed by atoms with Crippen molar-refractivity contribution in [1.29, 1.82) is 0 Å². The van der Waals surface area contributed by atoms with Crippen LogP contribution >= 0.6 is 0 Å². The number of carbonyl (C=O) groups is 1. The van der Waals surface area contributed by atoms with Crippen LogP contribution in [0.2, 0.25) is 0 Å². The van der Waals surface area contributed by atoms with Gasteiger partial charge in [-0.1, -0.05) is 57.2 Å². The molecule has 1 heterocycles. The summed E-state index contributed by atoms with van der Waals surface area (Å²) in [4.78, 5) is 11.7. The molecule has 0 aromatic heterocycles. The van der Waals surface area contributed by atoms with Crippen LogP contribution in [0.25, 0.3) is 12.2 Å². The number of benzene rings is 2. The lowest BCUT2D eigenvalue weighted by Crippen LogP contribution is -2.17. The lowest BCUT2D eigenvalue weighted by Gasteiger charge is -2.07. The van der Waals surface area contributed by atoms with Gasteiger partial charge in [0.1, 0.15) is 5.75 Å². The highest BCUT2D eigenvalue weighted by Gasteiger charge is 2.22.